The highest BCUT2D eigenvalue weighted by atomic mass is 31.1. The number of hydrogen-bond donors (Lipinski definition) is 0. The van der Waals surface area contributed by atoms with Crippen LogP contribution in [0.4, 0.5) is 52.7 Å². The van der Waals surface area contributed by atoms with Gasteiger partial charge in [0.1, 0.15) is 0 Å². The lowest BCUT2D eigenvalue weighted by molar-refractivity contribution is -0.137. The molecule has 0 nitrogen and oxygen atoms in total. The van der Waals surface area contributed by atoms with Crippen molar-refractivity contribution >= 4 is 37.1 Å². The standard InChI is InChI=1S/C33H20F12P2/c34-30(35,36)20-10-1-5-14-24(20)46(25-15-6-2-11-21(25)31(37,38)39)28-18-9-19-29(28)47(26-16-7-3-12-22(26)32(40,41)42)27-17-8-4-13-23(27)33(43,44)45/h1-19,28H. The summed E-state index contributed by atoms with van der Waals surface area (Å²) in [7, 11) is -5.63. The van der Waals surface area contributed by atoms with Gasteiger partial charge in [0.15, 0.2) is 0 Å². The maximum Gasteiger partial charge on any atom is 0.417 e. The molecule has 0 saturated heterocycles. The van der Waals surface area contributed by atoms with E-state index in [0.29, 0.717) is 24.3 Å². The minimum Gasteiger partial charge on any atom is -0.166 e. The van der Waals surface area contributed by atoms with Gasteiger partial charge < -0.3 is 0 Å². The van der Waals surface area contributed by atoms with E-state index in [2.05, 4.69) is 0 Å². The van der Waals surface area contributed by atoms with E-state index in [-0.39, 0.29) is 5.31 Å². The van der Waals surface area contributed by atoms with E-state index in [0.717, 1.165) is 48.5 Å². The van der Waals surface area contributed by atoms with E-state index in [9.17, 15) is 52.7 Å². The Balaban J connectivity index is 1.85. The van der Waals surface area contributed by atoms with Crippen LogP contribution in [-0.4, -0.2) is 5.66 Å². The van der Waals surface area contributed by atoms with Crippen LogP contribution in [0.1, 0.15) is 22.3 Å². The van der Waals surface area contributed by atoms with Crippen molar-refractivity contribution < 1.29 is 52.7 Å². The second-order valence-electron chi connectivity index (χ2n) is 10.2. The fourth-order valence-corrected chi connectivity index (χ4v) is 11.7. The molecule has 1 atom stereocenters. The molecule has 0 saturated carbocycles. The predicted octanol–water partition coefficient (Wildman–Crippen LogP) is 10.1. The maximum atomic E-state index is 14.4. The molecule has 246 valence electrons. The van der Waals surface area contributed by atoms with Crippen LogP contribution in [-0.2, 0) is 24.7 Å². The molecule has 0 bridgehead atoms. The Kier molecular flexibility index (Phi) is 9.43. The summed E-state index contributed by atoms with van der Waals surface area (Å²) in [6.07, 6.45) is -16.5. The largest absolute Gasteiger partial charge is 0.417 e. The van der Waals surface area contributed by atoms with Gasteiger partial charge >= 0.3 is 24.7 Å². The summed E-state index contributed by atoms with van der Waals surface area (Å²) < 4.78 is 173. The molecule has 0 amide bonds. The van der Waals surface area contributed by atoms with Gasteiger partial charge in [-0.25, -0.2) is 0 Å². The zero-order valence-electron chi connectivity index (χ0n) is 23.5. The van der Waals surface area contributed by atoms with Crippen LogP contribution in [0.3, 0.4) is 0 Å². The van der Waals surface area contributed by atoms with Gasteiger partial charge in [0.05, 0.1) is 22.3 Å². The second-order valence-corrected chi connectivity index (χ2v) is 14.6. The van der Waals surface area contributed by atoms with Crippen molar-refractivity contribution in [3.63, 3.8) is 0 Å². The van der Waals surface area contributed by atoms with Crippen molar-refractivity contribution in [2.45, 2.75) is 30.4 Å². The van der Waals surface area contributed by atoms with Crippen LogP contribution < -0.4 is 21.2 Å². The van der Waals surface area contributed by atoms with Crippen molar-refractivity contribution in [1.82, 2.24) is 0 Å². The van der Waals surface area contributed by atoms with Crippen LogP contribution in [0, 0.1) is 0 Å². The van der Waals surface area contributed by atoms with Crippen LogP contribution >= 0.6 is 15.8 Å². The quantitative estimate of drug-likeness (QED) is 0.138. The van der Waals surface area contributed by atoms with Gasteiger partial charge in [-0.3, -0.25) is 0 Å². The highest BCUT2D eigenvalue weighted by Crippen LogP contribution is 2.60. The first-order chi connectivity index (χ1) is 21.9. The van der Waals surface area contributed by atoms with Gasteiger partial charge in [0, 0.05) is 5.66 Å². The third-order valence-electron chi connectivity index (χ3n) is 7.24. The molecule has 0 spiro atoms. The lowest BCUT2D eigenvalue weighted by atomic mass is 10.2. The van der Waals surface area contributed by atoms with Crippen molar-refractivity contribution in [3.05, 3.63) is 143 Å². The summed E-state index contributed by atoms with van der Waals surface area (Å²) in [5.41, 5.74) is -6.53. The molecule has 0 radical (unpaired) electrons. The van der Waals surface area contributed by atoms with E-state index in [1.54, 1.807) is 0 Å². The lowest BCUT2D eigenvalue weighted by Gasteiger charge is -2.35. The Labute approximate surface area is 262 Å². The Hall–Kier alpha value is -3.62. The predicted molar refractivity (Wildman–Crippen MR) is 159 cm³/mol. The highest BCUT2D eigenvalue weighted by molar-refractivity contribution is 7.80. The average Bonchev–Trinajstić information content (AvgIpc) is 3.45. The molecule has 47 heavy (non-hydrogen) atoms. The molecule has 0 heterocycles. The summed E-state index contributed by atoms with van der Waals surface area (Å²) in [4.78, 5) is 0. The van der Waals surface area contributed by atoms with Crippen LogP contribution in [0.5, 0.6) is 0 Å². The third kappa shape index (κ3) is 7.14. The summed E-state index contributed by atoms with van der Waals surface area (Å²) in [5.74, 6) is 0. The number of allylic oxidation sites excluding steroid dienone is 4. The van der Waals surface area contributed by atoms with Crippen LogP contribution in [0.15, 0.2) is 121 Å². The monoisotopic (exact) mass is 706 g/mol. The number of benzene rings is 4. The van der Waals surface area contributed by atoms with E-state index in [1.165, 1.54) is 42.5 Å². The Morgan fingerprint density at radius 3 is 1.04 bits per heavy atom. The van der Waals surface area contributed by atoms with Crippen molar-refractivity contribution in [1.29, 1.82) is 0 Å². The van der Waals surface area contributed by atoms with Gasteiger partial charge in [0.25, 0.3) is 0 Å². The number of alkyl halides is 12. The molecule has 5 rings (SSSR count). The van der Waals surface area contributed by atoms with Crippen LogP contribution in [0.25, 0.3) is 0 Å². The van der Waals surface area contributed by atoms with Gasteiger partial charge in [0.2, 0.25) is 0 Å². The van der Waals surface area contributed by atoms with Crippen LogP contribution in [0.2, 0.25) is 0 Å². The Morgan fingerprint density at radius 1 is 0.404 bits per heavy atom. The van der Waals surface area contributed by atoms with E-state index in [4.69, 9.17) is 0 Å². The fraction of sp³-hybridized carbons (Fsp3) is 0.152. The number of hydrogen-bond acceptors (Lipinski definition) is 0. The Bertz CT molecular complexity index is 1700. The van der Waals surface area contributed by atoms with Gasteiger partial charge in [-0.1, -0.05) is 91.0 Å². The number of rotatable bonds is 6. The topological polar surface area (TPSA) is 0 Å². The summed E-state index contributed by atoms with van der Waals surface area (Å²) in [5, 5.41) is -2.42. The maximum absolute atomic E-state index is 14.4. The minimum absolute atomic E-state index is 0.159. The van der Waals surface area contributed by atoms with Gasteiger partial charge in [-0.05, 0) is 66.6 Å². The molecular formula is C33H20F12P2. The molecular weight excluding hydrogens is 686 g/mol. The zero-order valence-corrected chi connectivity index (χ0v) is 25.3. The summed E-state index contributed by atoms with van der Waals surface area (Å²) in [6, 6.07) is 15.7. The summed E-state index contributed by atoms with van der Waals surface area (Å²) in [6.45, 7) is 0. The first-order valence-electron chi connectivity index (χ1n) is 13.5. The molecule has 0 aliphatic heterocycles. The third-order valence-corrected chi connectivity index (χ3v) is 13.0. The van der Waals surface area contributed by atoms with Crippen molar-refractivity contribution in [3.8, 4) is 0 Å². The smallest absolute Gasteiger partial charge is 0.166 e. The van der Waals surface area contributed by atoms with E-state index < -0.39 is 89.7 Å². The molecule has 1 unspecified atom stereocenters. The first-order valence-corrected chi connectivity index (χ1v) is 16.3. The molecule has 1 aliphatic carbocycles. The average molecular weight is 706 g/mol. The van der Waals surface area contributed by atoms with Gasteiger partial charge in [-0.2, -0.15) is 52.7 Å². The normalized spacial score (nSPS) is 15.9. The second kappa shape index (κ2) is 12.8. The first kappa shape index (κ1) is 34.7. The highest BCUT2D eigenvalue weighted by Gasteiger charge is 2.46. The van der Waals surface area contributed by atoms with E-state index >= 15 is 0 Å². The fourth-order valence-electron chi connectivity index (χ4n) is 5.38. The zero-order chi connectivity index (χ0) is 34.4. The van der Waals surface area contributed by atoms with Crippen molar-refractivity contribution in [2.24, 2.45) is 0 Å². The molecule has 0 aromatic heterocycles. The van der Waals surface area contributed by atoms with Gasteiger partial charge in [-0.15, -0.1) is 0 Å². The molecule has 1 aliphatic rings. The van der Waals surface area contributed by atoms with E-state index in [1.807, 2.05) is 0 Å². The minimum atomic E-state index is -5.05. The SMILES string of the molecule is FC(F)(F)c1ccccc1P(C1=CC=CC1P(c1ccccc1C(F)(F)F)c1ccccc1C(F)(F)F)c1ccccc1C(F)(F)F. The summed E-state index contributed by atoms with van der Waals surface area (Å²) >= 11 is 0. The number of halogens is 12. The molecule has 4 aromatic rings. The Morgan fingerprint density at radius 2 is 0.702 bits per heavy atom. The molecule has 0 fully saturated rings. The molecule has 14 heteroatoms. The lowest BCUT2D eigenvalue weighted by Crippen LogP contribution is -2.32. The van der Waals surface area contributed by atoms with Crippen molar-refractivity contribution in [2.75, 3.05) is 0 Å². The molecule has 4 aromatic carbocycles. The molecule has 0 N–H and O–H groups in total.